The Morgan fingerprint density at radius 1 is 0.966 bits per heavy atom. The van der Waals surface area contributed by atoms with E-state index in [-0.39, 0.29) is 17.7 Å². The van der Waals surface area contributed by atoms with Crippen LogP contribution in [0.1, 0.15) is 30.0 Å². The number of benzene rings is 3. The number of halogens is 1. The minimum absolute atomic E-state index is 0.0553. The summed E-state index contributed by atoms with van der Waals surface area (Å²) in [4.78, 5) is 12.6. The third kappa shape index (κ3) is 3.52. The largest absolute Gasteiger partial charge is 0.386 e. The van der Waals surface area contributed by atoms with Crippen molar-refractivity contribution in [2.45, 2.75) is 18.9 Å². The number of hydrogen-bond acceptors (Lipinski definition) is 4. The molecule has 1 aliphatic rings. The average Bonchev–Trinajstić information content (AvgIpc) is 3.15. The van der Waals surface area contributed by atoms with Crippen molar-refractivity contribution >= 4 is 34.5 Å². The number of nitrogens with one attached hydrogen (secondary N) is 1. The number of hydrazone groups is 1. The van der Waals surface area contributed by atoms with Gasteiger partial charge in [0.05, 0.1) is 23.3 Å². The van der Waals surface area contributed by atoms with E-state index in [9.17, 15) is 4.79 Å². The molecule has 146 valence electrons. The smallest absolute Gasteiger partial charge is 0.176 e. The van der Waals surface area contributed by atoms with Gasteiger partial charge in [-0.2, -0.15) is 5.10 Å². The molecule has 0 saturated heterocycles. The molecule has 2 atom stereocenters. The molecule has 3 aromatic carbocycles. The van der Waals surface area contributed by atoms with E-state index < -0.39 is 0 Å². The molecule has 0 bridgehead atoms. The van der Waals surface area contributed by atoms with Crippen LogP contribution in [0.15, 0.2) is 84.0 Å². The highest BCUT2D eigenvalue weighted by atomic mass is 35.5. The summed E-state index contributed by atoms with van der Waals surface area (Å²) in [6.07, 6.45) is 0. The van der Waals surface area contributed by atoms with Gasteiger partial charge in [-0.25, -0.2) is 0 Å². The molecule has 4 rings (SSSR count). The molecule has 0 radical (unpaired) electrons. The summed E-state index contributed by atoms with van der Waals surface area (Å²) in [7, 11) is 1.88. The van der Waals surface area contributed by atoms with Gasteiger partial charge in [-0.05, 0) is 29.3 Å². The maximum absolute atomic E-state index is 12.6. The van der Waals surface area contributed by atoms with Gasteiger partial charge in [0.2, 0.25) is 0 Å². The molecule has 0 fully saturated rings. The number of rotatable bonds is 5. The fraction of sp³-hybridized carbons (Fsp3) is 0.167. The maximum atomic E-state index is 12.6. The predicted octanol–water partition coefficient (Wildman–Crippen LogP) is 5.67. The highest BCUT2D eigenvalue weighted by Gasteiger charge is 2.43. The average molecular weight is 404 g/mol. The molecular weight excluding hydrogens is 382 g/mol. The van der Waals surface area contributed by atoms with Crippen LogP contribution in [0.2, 0.25) is 5.02 Å². The third-order valence-corrected chi connectivity index (χ3v) is 5.60. The zero-order valence-corrected chi connectivity index (χ0v) is 17.1. The minimum Gasteiger partial charge on any atom is -0.386 e. The molecule has 1 N–H and O–H groups in total. The minimum atomic E-state index is -0.270. The number of Topliss-reactive ketones (excluding diaryl/α,β-unsaturated/α-hetero) is 1. The molecule has 0 spiro atoms. The van der Waals surface area contributed by atoms with Gasteiger partial charge in [0.15, 0.2) is 5.78 Å². The van der Waals surface area contributed by atoms with Gasteiger partial charge in [-0.3, -0.25) is 9.80 Å². The van der Waals surface area contributed by atoms with Crippen LogP contribution in [0.4, 0.5) is 11.4 Å². The van der Waals surface area contributed by atoms with Crippen molar-refractivity contribution in [1.82, 2.24) is 0 Å². The second-order valence-electron chi connectivity index (χ2n) is 7.01. The molecule has 2 unspecified atom stereocenters. The van der Waals surface area contributed by atoms with Crippen molar-refractivity contribution in [2.24, 2.45) is 5.10 Å². The number of ketones is 1. The highest BCUT2D eigenvalue weighted by Crippen LogP contribution is 2.47. The van der Waals surface area contributed by atoms with E-state index in [1.807, 2.05) is 78.8 Å². The van der Waals surface area contributed by atoms with Gasteiger partial charge in [-0.15, -0.1) is 0 Å². The SMILES string of the molecule is CNc1ccccc1N1N=C(C(C)=O)C(c2ccccc2Cl)C1c1ccccc1. The number of nitrogens with zero attached hydrogens (tertiary/aromatic N) is 2. The Bertz CT molecular complexity index is 1060. The fourth-order valence-corrected chi connectivity index (χ4v) is 4.19. The van der Waals surface area contributed by atoms with Gasteiger partial charge in [-0.1, -0.05) is 72.3 Å². The summed E-state index contributed by atoms with van der Waals surface area (Å²) >= 11 is 6.58. The van der Waals surface area contributed by atoms with E-state index in [0.717, 1.165) is 22.5 Å². The molecular formula is C24H22ClN3O. The van der Waals surface area contributed by atoms with E-state index in [2.05, 4.69) is 17.4 Å². The van der Waals surface area contributed by atoms with E-state index in [1.54, 1.807) is 6.92 Å². The summed E-state index contributed by atoms with van der Waals surface area (Å²) in [6.45, 7) is 1.57. The van der Waals surface area contributed by atoms with E-state index >= 15 is 0 Å². The summed E-state index contributed by atoms with van der Waals surface area (Å²) in [5.41, 5.74) is 4.35. The normalized spacial score (nSPS) is 18.4. The quantitative estimate of drug-likeness (QED) is 0.596. The molecule has 0 aromatic heterocycles. The molecule has 29 heavy (non-hydrogen) atoms. The zero-order valence-electron chi connectivity index (χ0n) is 16.3. The lowest BCUT2D eigenvalue weighted by Crippen LogP contribution is -2.26. The van der Waals surface area contributed by atoms with Crippen LogP contribution in [0.5, 0.6) is 0 Å². The van der Waals surface area contributed by atoms with Crippen molar-refractivity contribution in [2.75, 3.05) is 17.4 Å². The van der Waals surface area contributed by atoms with Gasteiger partial charge in [0, 0.05) is 19.0 Å². The number of para-hydroxylation sites is 2. The van der Waals surface area contributed by atoms with Crippen LogP contribution in [0, 0.1) is 0 Å². The Kier molecular flexibility index (Phi) is 5.36. The van der Waals surface area contributed by atoms with Crippen LogP contribution in [0.3, 0.4) is 0 Å². The fourth-order valence-electron chi connectivity index (χ4n) is 3.94. The number of hydrogen-bond donors (Lipinski definition) is 1. The van der Waals surface area contributed by atoms with Crippen molar-refractivity contribution in [3.8, 4) is 0 Å². The first-order valence-electron chi connectivity index (χ1n) is 9.56. The van der Waals surface area contributed by atoms with Crippen molar-refractivity contribution in [1.29, 1.82) is 0 Å². The number of anilines is 2. The Balaban J connectivity index is 1.95. The molecule has 0 aliphatic carbocycles. The highest BCUT2D eigenvalue weighted by molar-refractivity contribution is 6.42. The lowest BCUT2D eigenvalue weighted by Gasteiger charge is -2.30. The van der Waals surface area contributed by atoms with Crippen molar-refractivity contribution in [3.63, 3.8) is 0 Å². The summed E-state index contributed by atoms with van der Waals surface area (Å²) in [6, 6.07) is 25.6. The second-order valence-corrected chi connectivity index (χ2v) is 7.42. The summed E-state index contributed by atoms with van der Waals surface area (Å²) < 4.78 is 0. The molecule has 0 amide bonds. The van der Waals surface area contributed by atoms with Gasteiger partial charge in [0.1, 0.15) is 5.71 Å². The van der Waals surface area contributed by atoms with Crippen LogP contribution < -0.4 is 10.3 Å². The molecule has 5 heteroatoms. The first-order chi connectivity index (χ1) is 14.1. The van der Waals surface area contributed by atoms with E-state index in [1.165, 1.54) is 0 Å². The van der Waals surface area contributed by atoms with Gasteiger partial charge >= 0.3 is 0 Å². The first kappa shape index (κ1) is 19.2. The summed E-state index contributed by atoms with van der Waals surface area (Å²) in [5.74, 6) is -0.325. The Labute approximate surface area is 175 Å². The third-order valence-electron chi connectivity index (χ3n) is 5.25. The second kappa shape index (κ2) is 8.10. The van der Waals surface area contributed by atoms with Crippen molar-refractivity contribution in [3.05, 3.63) is 95.0 Å². The number of carbonyl (C=O) groups is 1. The van der Waals surface area contributed by atoms with Crippen LogP contribution in [0.25, 0.3) is 0 Å². The van der Waals surface area contributed by atoms with Crippen LogP contribution in [-0.2, 0) is 4.79 Å². The van der Waals surface area contributed by atoms with E-state index in [0.29, 0.717) is 10.7 Å². The standard InChI is InChI=1S/C24H22ClN3O/c1-16(29)23-22(18-12-6-7-13-19(18)25)24(17-10-4-3-5-11-17)28(27-23)21-15-9-8-14-20(21)26-2/h3-15,22,24,26H,1-2H3. The monoisotopic (exact) mass is 403 g/mol. The molecule has 1 heterocycles. The predicted molar refractivity (Wildman–Crippen MR) is 120 cm³/mol. The first-order valence-corrected chi connectivity index (χ1v) is 9.94. The lowest BCUT2D eigenvalue weighted by atomic mass is 9.83. The van der Waals surface area contributed by atoms with E-state index in [4.69, 9.17) is 16.7 Å². The van der Waals surface area contributed by atoms with Crippen molar-refractivity contribution < 1.29 is 4.79 Å². The number of carbonyl (C=O) groups excluding carboxylic acids is 1. The summed E-state index contributed by atoms with van der Waals surface area (Å²) in [5, 5.41) is 10.6. The molecule has 3 aromatic rings. The molecule has 4 nitrogen and oxygen atoms in total. The van der Waals surface area contributed by atoms with Gasteiger partial charge < -0.3 is 5.32 Å². The van der Waals surface area contributed by atoms with Crippen LogP contribution >= 0.6 is 11.6 Å². The Morgan fingerprint density at radius 2 is 1.62 bits per heavy atom. The maximum Gasteiger partial charge on any atom is 0.176 e. The zero-order chi connectivity index (χ0) is 20.4. The Hall–Kier alpha value is -3.11. The lowest BCUT2D eigenvalue weighted by molar-refractivity contribution is -0.111. The van der Waals surface area contributed by atoms with Crippen LogP contribution in [-0.4, -0.2) is 18.5 Å². The Morgan fingerprint density at radius 3 is 2.31 bits per heavy atom. The molecule has 1 aliphatic heterocycles. The topological polar surface area (TPSA) is 44.7 Å². The van der Waals surface area contributed by atoms with Gasteiger partial charge in [0.25, 0.3) is 0 Å². The molecule has 0 saturated carbocycles.